The van der Waals surface area contributed by atoms with E-state index in [-0.39, 0.29) is 13.0 Å². The van der Waals surface area contributed by atoms with E-state index in [0.717, 1.165) is 13.0 Å². The van der Waals surface area contributed by atoms with Gasteiger partial charge in [-0.05, 0) is 19.9 Å². The van der Waals surface area contributed by atoms with Gasteiger partial charge in [-0.2, -0.15) is 13.2 Å². The van der Waals surface area contributed by atoms with Gasteiger partial charge in [0.1, 0.15) is 0 Å². The number of alkyl halides is 3. The van der Waals surface area contributed by atoms with Crippen molar-refractivity contribution in [2.24, 2.45) is 5.73 Å². The van der Waals surface area contributed by atoms with Gasteiger partial charge < -0.3 is 5.73 Å². The van der Waals surface area contributed by atoms with E-state index in [9.17, 15) is 13.2 Å². The molecule has 0 aliphatic heterocycles. The van der Waals surface area contributed by atoms with Crippen molar-refractivity contribution in [1.29, 1.82) is 0 Å². The molecule has 10 heavy (non-hydrogen) atoms. The molecular formula is C6H10F3N. The van der Waals surface area contributed by atoms with Gasteiger partial charge in [-0.3, -0.25) is 0 Å². The highest BCUT2D eigenvalue weighted by atomic mass is 19.4. The molecule has 0 aromatic heterocycles. The van der Waals surface area contributed by atoms with Gasteiger partial charge in [-0.15, -0.1) is 0 Å². The molecule has 0 spiro atoms. The molecule has 0 rings (SSSR count). The second-order valence-corrected chi connectivity index (χ2v) is 1.96. The Bertz CT molecular complexity index is 125. The molecule has 0 aliphatic rings. The zero-order valence-electron chi connectivity index (χ0n) is 5.70. The summed E-state index contributed by atoms with van der Waals surface area (Å²) in [5, 5.41) is 0. The third kappa shape index (κ3) is 3.50. The molecule has 0 radical (unpaired) electrons. The summed E-state index contributed by atoms with van der Waals surface area (Å²) in [5.41, 5.74) is 4.44. The maximum Gasteiger partial charge on any atom is 0.412 e. The van der Waals surface area contributed by atoms with Crippen LogP contribution < -0.4 is 5.73 Å². The molecule has 0 aromatic carbocycles. The van der Waals surface area contributed by atoms with Gasteiger partial charge in [0.25, 0.3) is 0 Å². The predicted molar refractivity (Wildman–Crippen MR) is 33.5 cm³/mol. The Morgan fingerprint density at radius 1 is 1.50 bits per heavy atom. The smallest absolute Gasteiger partial charge is 0.330 e. The highest BCUT2D eigenvalue weighted by molar-refractivity contribution is 5.04. The average molecular weight is 153 g/mol. The van der Waals surface area contributed by atoms with Crippen molar-refractivity contribution in [1.82, 2.24) is 0 Å². The van der Waals surface area contributed by atoms with Crippen molar-refractivity contribution in [2.45, 2.75) is 19.5 Å². The summed E-state index contributed by atoms with van der Waals surface area (Å²) < 4.78 is 35.0. The van der Waals surface area contributed by atoms with Gasteiger partial charge in [0, 0.05) is 5.57 Å². The second kappa shape index (κ2) is 3.61. The van der Waals surface area contributed by atoms with Crippen LogP contribution in [0.1, 0.15) is 13.3 Å². The first-order valence-electron chi connectivity index (χ1n) is 2.92. The Balaban J connectivity index is 3.93. The fraction of sp³-hybridized carbons (Fsp3) is 0.667. The molecule has 0 bridgehead atoms. The standard InChI is InChI=1S/C6H10F3N/c1-5(3-2-4-10)6(7,8)9/h3H,2,4,10H2,1H3/b5-3+. The predicted octanol–water partition coefficient (Wildman–Crippen LogP) is 1.84. The van der Waals surface area contributed by atoms with Crippen LogP contribution in [0.2, 0.25) is 0 Å². The molecular weight excluding hydrogens is 143 g/mol. The van der Waals surface area contributed by atoms with Crippen LogP contribution in [0.5, 0.6) is 0 Å². The van der Waals surface area contributed by atoms with Gasteiger partial charge >= 0.3 is 6.18 Å². The van der Waals surface area contributed by atoms with Gasteiger partial charge in [0.2, 0.25) is 0 Å². The van der Waals surface area contributed by atoms with Crippen LogP contribution in [0.3, 0.4) is 0 Å². The van der Waals surface area contributed by atoms with Crippen LogP contribution >= 0.6 is 0 Å². The number of nitrogens with two attached hydrogens (primary N) is 1. The zero-order chi connectivity index (χ0) is 8.20. The summed E-state index contributed by atoms with van der Waals surface area (Å²) in [6, 6.07) is 0. The third-order valence-electron chi connectivity index (χ3n) is 1.06. The first kappa shape index (κ1) is 9.49. The lowest BCUT2D eigenvalue weighted by molar-refractivity contribution is -0.0915. The van der Waals surface area contributed by atoms with Gasteiger partial charge in [-0.25, -0.2) is 0 Å². The topological polar surface area (TPSA) is 26.0 Å². The molecule has 0 fully saturated rings. The third-order valence-corrected chi connectivity index (χ3v) is 1.06. The van der Waals surface area contributed by atoms with Crippen LogP contribution in [0.4, 0.5) is 13.2 Å². The highest BCUT2D eigenvalue weighted by Crippen LogP contribution is 2.24. The molecule has 2 N–H and O–H groups in total. The first-order chi connectivity index (χ1) is 4.48. The number of allylic oxidation sites excluding steroid dienone is 1. The zero-order valence-corrected chi connectivity index (χ0v) is 5.70. The Kier molecular flexibility index (Phi) is 3.42. The number of hydrogen-bond donors (Lipinski definition) is 1. The summed E-state index contributed by atoms with van der Waals surface area (Å²) in [7, 11) is 0. The van der Waals surface area contributed by atoms with E-state index in [1.807, 2.05) is 0 Å². The van der Waals surface area contributed by atoms with Gasteiger partial charge in [0.05, 0.1) is 0 Å². The van der Waals surface area contributed by atoms with E-state index in [2.05, 4.69) is 0 Å². The van der Waals surface area contributed by atoms with E-state index in [1.54, 1.807) is 0 Å². The highest BCUT2D eigenvalue weighted by Gasteiger charge is 2.29. The van der Waals surface area contributed by atoms with Crippen LogP contribution in [-0.2, 0) is 0 Å². The van der Waals surface area contributed by atoms with Crippen LogP contribution in [0.15, 0.2) is 11.6 Å². The molecule has 0 aliphatic carbocycles. The summed E-state index contributed by atoms with van der Waals surface area (Å²) in [6.45, 7) is 1.29. The normalized spacial score (nSPS) is 13.9. The monoisotopic (exact) mass is 153 g/mol. The Hall–Kier alpha value is -0.510. The molecule has 0 heterocycles. The van der Waals surface area contributed by atoms with Crippen LogP contribution in [0, 0.1) is 0 Å². The van der Waals surface area contributed by atoms with Crippen molar-refractivity contribution >= 4 is 0 Å². The van der Waals surface area contributed by atoms with E-state index in [4.69, 9.17) is 5.73 Å². The van der Waals surface area contributed by atoms with Gasteiger partial charge in [-0.1, -0.05) is 6.08 Å². The van der Waals surface area contributed by atoms with Crippen LogP contribution in [-0.4, -0.2) is 12.7 Å². The summed E-state index contributed by atoms with van der Waals surface area (Å²) in [4.78, 5) is 0. The second-order valence-electron chi connectivity index (χ2n) is 1.96. The number of hydrogen-bond acceptors (Lipinski definition) is 1. The molecule has 0 saturated carbocycles. The van der Waals surface area contributed by atoms with Gasteiger partial charge in [0.15, 0.2) is 0 Å². The molecule has 1 nitrogen and oxygen atoms in total. The Labute approximate surface area is 57.7 Å². The largest absolute Gasteiger partial charge is 0.412 e. The fourth-order valence-electron chi connectivity index (χ4n) is 0.416. The molecule has 0 aromatic rings. The quantitative estimate of drug-likeness (QED) is 0.602. The van der Waals surface area contributed by atoms with Crippen LogP contribution in [0.25, 0.3) is 0 Å². The summed E-state index contributed by atoms with van der Waals surface area (Å²) in [5.74, 6) is 0. The lowest BCUT2D eigenvalue weighted by Gasteiger charge is -2.04. The Morgan fingerprint density at radius 2 is 2.00 bits per heavy atom. The minimum atomic E-state index is -4.19. The average Bonchev–Trinajstić information content (AvgIpc) is 1.80. The van der Waals surface area contributed by atoms with E-state index >= 15 is 0 Å². The lowest BCUT2D eigenvalue weighted by Crippen LogP contribution is -2.09. The maximum atomic E-state index is 11.7. The van der Waals surface area contributed by atoms with E-state index in [0.29, 0.717) is 0 Å². The number of halogens is 3. The van der Waals surface area contributed by atoms with E-state index in [1.165, 1.54) is 0 Å². The van der Waals surface area contributed by atoms with Crippen molar-refractivity contribution in [3.8, 4) is 0 Å². The lowest BCUT2D eigenvalue weighted by atomic mass is 10.2. The fourth-order valence-corrected chi connectivity index (χ4v) is 0.416. The molecule has 4 heteroatoms. The SMILES string of the molecule is C/C(=C\CCN)C(F)(F)F. The molecule has 0 amide bonds. The first-order valence-corrected chi connectivity index (χ1v) is 2.92. The van der Waals surface area contributed by atoms with Crippen molar-refractivity contribution in [2.75, 3.05) is 6.54 Å². The summed E-state index contributed by atoms with van der Waals surface area (Å²) in [6.07, 6.45) is -2.81. The minimum absolute atomic E-state index is 0.257. The van der Waals surface area contributed by atoms with Crippen molar-refractivity contribution < 1.29 is 13.2 Å². The Morgan fingerprint density at radius 3 is 2.30 bits per heavy atom. The van der Waals surface area contributed by atoms with Crippen molar-refractivity contribution in [3.63, 3.8) is 0 Å². The number of rotatable bonds is 2. The molecule has 60 valence electrons. The maximum absolute atomic E-state index is 11.7. The summed E-state index contributed by atoms with van der Waals surface area (Å²) >= 11 is 0. The van der Waals surface area contributed by atoms with Crippen molar-refractivity contribution in [3.05, 3.63) is 11.6 Å². The molecule has 0 atom stereocenters. The van der Waals surface area contributed by atoms with E-state index < -0.39 is 11.7 Å². The molecule has 0 unspecified atom stereocenters. The molecule has 0 saturated heterocycles. The minimum Gasteiger partial charge on any atom is -0.330 e.